The molecule has 27 heavy (non-hydrogen) atoms. The van der Waals surface area contributed by atoms with Crippen molar-refractivity contribution in [1.82, 2.24) is 14.9 Å². The number of rotatable bonds is 5. The highest BCUT2D eigenvalue weighted by Crippen LogP contribution is 2.24. The molecule has 1 aromatic heterocycles. The molecule has 144 valence electrons. The molecule has 1 aromatic carbocycles. The van der Waals surface area contributed by atoms with Crippen LogP contribution in [0.1, 0.15) is 12.0 Å². The zero-order valence-electron chi connectivity index (χ0n) is 15.2. The Kier molecular flexibility index (Phi) is 5.66. The standard InChI is InChI=1S/C19H24N4O2S2/c24-27(25)11-6-17(15-27)22-7-9-23(10-8-22)18-12-20-13-19(21-18)26-14-16-4-2-1-3-5-16/h1-5,12-13,17H,6-11,14-15H2. The summed E-state index contributed by atoms with van der Waals surface area (Å²) in [6.45, 7) is 3.47. The predicted molar refractivity (Wildman–Crippen MR) is 109 cm³/mol. The molecule has 0 aliphatic carbocycles. The van der Waals surface area contributed by atoms with Crippen LogP contribution in [0.2, 0.25) is 0 Å². The van der Waals surface area contributed by atoms with Gasteiger partial charge in [-0.05, 0) is 12.0 Å². The Labute approximate surface area is 164 Å². The van der Waals surface area contributed by atoms with Crippen LogP contribution < -0.4 is 4.90 Å². The van der Waals surface area contributed by atoms with Crippen molar-refractivity contribution in [3.05, 3.63) is 48.3 Å². The second-order valence-electron chi connectivity index (χ2n) is 7.07. The van der Waals surface area contributed by atoms with E-state index in [1.165, 1.54) is 5.56 Å². The van der Waals surface area contributed by atoms with Gasteiger partial charge in [-0.3, -0.25) is 9.88 Å². The largest absolute Gasteiger partial charge is 0.353 e. The molecule has 6 nitrogen and oxygen atoms in total. The first kappa shape index (κ1) is 18.7. The normalized spacial score (nSPS) is 22.8. The zero-order chi connectivity index (χ0) is 18.7. The van der Waals surface area contributed by atoms with Crippen molar-refractivity contribution in [2.45, 2.75) is 23.2 Å². The lowest BCUT2D eigenvalue weighted by atomic mass is 10.2. The predicted octanol–water partition coefficient (Wildman–Crippen LogP) is 2.08. The number of sulfone groups is 1. The number of piperazine rings is 1. The average molecular weight is 405 g/mol. The summed E-state index contributed by atoms with van der Waals surface area (Å²) in [6.07, 6.45) is 4.41. The van der Waals surface area contributed by atoms with Gasteiger partial charge in [0.2, 0.25) is 0 Å². The third-order valence-electron chi connectivity index (χ3n) is 5.19. The number of hydrogen-bond acceptors (Lipinski definition) is 7. The Bertz CT molecular complexity index is 868. The Balaban J connectivity index is 1.33. The lowest BCUT2D eigenvalue weighted by Gasteiger charge is -2.38. The number of hydrogen-bond donors (Lipinski definition) is 0. The molecule has 0 spiro atoms. The van der Waals surface area contributed by atoms with E-state index in [9.17, 15) is 8.42 Å². The van der Waals surface area contributed by atoms with Crippen molar-refractivity contribution in [3.8, 4) is 0 Å². The summed E-state index contributed by atoms with van der Waals surface area (Å²) in [5, 5.41) is 0.931. The van der Waals surface area contributed by atoms with Crippen LogP contribution in [-0.2, 0) is 15.6 Å². The van der Waals surface area contributed by atoms with E-state index in [0.29, 0.717) is 11.5 Å². The van der Waals surface area contributed by atoms with Gasteiger partial charge in [0.05, 0.1) is 23.9 Å². The van der Waals surface area contributed by atoms with Crippen LogP contribution >= 0.6 is 11.8 Å². The van der Waals surface area contributed by atoms with E-state index in [-0.39, 0.29) is 6.04 Å². The van der Waals surface area contributed by atoms with Crippen molar-refractivity contribution in [1.29, 1.82) is 0 Å². The maximum absolute atomic E-state index is 11.7. The summed E-state index contributed by atoms with van der Waals surface area (Å²) in [7, 11) is -2.83. The molecule has 3 heterocycles. The van der Waals surface area contributed by atoms with Gasteiger partial charge in [0, 0.05) is 38.0 Å². The van der Waals surface area contributed by atoms with Crippen molar-refractivity contribution in [2.24, 2.45) is 0 Å². The zero-order valence-corrected chi connectivity index (χ0v) is 16.8. The fourth-order valence-corrected chi connectivity index (χ4v) is 6.23. The van der Waals surface area contributed by atoms with E-state index < -0.39 is 9.84 Å². The molecule has 1 unspecified atom stereocenters. The molecule has 0 bridgehead atoms. The van der Waals surface area contributed by atoms with Crippen molar-refractivity contribution < 1.29 is 8.42 Å². The molecule has 2 aliphatic rings. The minimum atomic E-state index is -2.83. The molecule has 2 fully saturated rings. The molecule has 0 N–H and O–H groups in total. The minimum absolute atomic E-state index is 0.191. The third-order valence-corrected chi connectivity index (χ3v) is 7.91. The second-order valence-corrected chi connectivity index (χ2v) is 10.3. The van der Waals surface area contributed by atoms with Gasteiger partial charge in [-0.25, -0.2) is 13.4 Å². The molecule has 8 heteroatoms. The van der Waals surface area contributed by atoms with Crippen LogP contribution in [0.25, 0.3) is 0 Å². The van der Waals surface area contributed by atoms with E-state index in [0.717, 1.165) is 49.2 Å². The number of benzene rings is 1. The molecule has 0 radical (unpaired) electrons. The fraction of sp³-hybridized carbons (Fsp3) is 0.474. The monoisotopic (exact) mass is 404 g/mol. The number of anilines is 1. The molecular weight excluding hydrogens is 380 g/mol. The topological polar surface area (TPSA) is 66.4 Å². The van der Waals surface area contributed by atoms with Gasteiger partial charge in [-0.15, -0.1) is 11.8 Å². The summed E-state index contributed by atoms with van der Waals surface area (Å²) < 4.78 is 23.4. The van der Waals surface area contributed by atoms with Gasteiger partial charge < -0.3 is 4.90 Å². The molecule has 2 aromatic rings. The molecule has 1 atom stereocenters. The highest BCUT2D eigenvalue weighted by atomic mass is 32.2. The Morgan fingerprint density at radius 3 is 2.56 bits per heavy atom. The molecule has 0 saturated carbocycles. The molecule has 4 rings (SSSR count). The maximum atomic E-state index is 11.7. The molecule has 2 saturated heterocycles. The molecule has 0 amide bonds. The minimum Gasteiger partial charge on any atom is -0.353 e. The first-order valence-electron chi connectivity index (χ1n) is 9.27. The van der Waals surface area contributed by atoms with E-state index in [1.54, 1.807) is 11.8 Å². The van der Waals surface area contributed by atoms with Gasteiger partial charge in [0.25, 0.3) is 0 Å². The van der Waals surface area contributed by atoms with E-state index in [2.05, 4.69) is 26.9 Å². The number of nitrogens with zero attached hydrogens (tertiary/aromatic N) is 4. The van der Waals surface area contributed by atoms with Crippen molar-refractivity contribution in [2.75, 3.05) is 42.6 Å². The number of aromatic nitrogens is 2. The molecule has 2 aliphatic heterocycles. The average Bonchev–Trinajstić information content (AvgIpc) is 3.07. The van der Waals surface area contributed by atoms with Crippen LogP contribution in [-0.4, -0.2) is 67.0 Å². The maximum Gasteiger partial charge on any atom is 0.151 e. The smallest absolute Gasteiger partial charge is 0.151 e. The summed E-state index contributed by atoms with van der Waals surface area (Å²) >= 11 is 1.70. The highest BCUT2D eigenvalue weighted by Gasteiger charge is 2.33. The van der Waals surface area contributed by atoms with Crippen LogP contribution in [0.5, 0.6) is 0 Å². The van der Waals surface area contributed by atoms with Crippen molar-refractivity contribution >= 4 is 27.4 Å². The van der Waals surface area contributed by atoms with E-state index in [1.807, 2.05) is 30.6 Å². The van der Waals surface area contributed by atoms with Gasteiger partial charge in [-0.1, -0.05) is 30.3 Å². The number of thioether (sulfide) groups is 1. The van der Waals surface area contributed by atoms with Crippen molar-refractivity contribution in [3.63, 3.8) is 0 Å². The summed E-state index contributed by atoms with van der Waals surface area (Å²) in [5.74, 6) is 2.44. The van der Waals surface area contributed by atoms with E-state index >= 15 is 0 Å². The van der Waals surface area contributed by atoms with E-state index in [4.69, 9.17) is 4.98 Å². The lowest BCUT2D eigenvalue weighted by Crippen LogP contribution is -2.51. The Hall–Kier alpha value is -1.64. The highest BCUT2D eigenvalue weighted by molar-refractivity contribution is 7.98. The Morgan fingerprint density at radius 1 is 1.07 bits per heavy atom. The first-order valence-corrected chi connectivity index (χ1v) is 12.1. The van der Waals surface area contributed by atoms with Crippen LogP contribution in [0, 0.1) is 0 Å². The second kappa shape index (κ2) is 8.16. The summed E-state index contributed by atoms with van der Waals surface area (Å²) in [6, 6.07) is 10.5. The summed E-state index contributed by atoms with van der Waals surface area (Å²) in [4.78, 5) is 13.7. The van der Waals surface area contributed by atoms with Gasteiger partial charge in [-0.2, -0.15) is 0 Å². The van der Waals surface area contributed by atoms with Crippen LogP contribution in [0.4, 0.5) is 5.82 Å². The van der Waals surface area contributed by atoms with Gasteiger partial charge in [0.1, 0.15) is 10.8 Å². The quantitative estimate of drug-likeness (QED) is 0.707. The van der Waals surface area contributed by atoms with Gasteiger partial charge >= 0.3 is 0 Å². The Morgan fingerprint density at radius 2 is 1.85 bits per heavy atom. The lowest BCUT2D eigenvalue weighted by molar-refractivity contribution is 0.200. The van der Waals surface area contributed by atoms with Crippen LogP contribution in [0.15, 0.2) is 47.8 Å². The van der Waals surface area contributed by atoms with Crippen LogP contribution in [0.3, 0.4) is 0 Å². The fourth-order valence-electron chi connectivity index (χ4n) is 3.67. The van der Waals surface area contributed by atoms with Gasteiger partial charge in [0.15, 0.2) is 9.84 Å². The first-order chi connectivity index (χ1) is 13.1. The molecular formula is C19H24N4O2S2. The third kappa shape index (κ3) is 4.80. The SMILES string of the molecule is O=S1(=O)CCC(N2CCN(c3cncc(SCc4ccccc4)n3)CC2)C1. The summed E-state index contributed by atoms with van der Waals surface area (Å²) in [5.41, 5.74) is 1.27.